The number of nitrogens with zero attached hydrogens (tertiary/aromatic N) is 3. The number of thiazole rings is 1. The number of hydrogen-bond acceptors (Lipinski definition) is 5. The molecule has 0 bridgehead atoms. The third-order valence-corrected chi connectivity index (χ3v) is 7.21. The number of hydrogen-bond donors (Lipinski definition) is 1. The molecule has 0 spiro atoms. The molecule has 2 saturated heterocycles. The summed E-state index contributed by atoms with van der Waals surface area (Å²) in [6, 6.07) is 8.13. The van der Waals surface area contributed by atoms with Crippen molar-refractivity contribution >= 4 is 23.2 Å². The molecule has 1 unspecified atom stereocenters. The van der Waals surface area contributed by atoms with Gasteiger partial charge in [0.15, 0.2) is 0 Å². The molecular weight excluding hydrogens is 408 g/mol. The summed E-state index contributed by atoms with van der Waals surface area (Å²) in [5, 5.41) is 5.81. The minimum absolute atomic E-state index is 0.0765. The van der Waals surface area contributed by atoms with Crippen LogP contribution in [0.1, 0.15) is 62.5 Å². The van der Waals surface area contributed by atoms with Gasteiger partial charge in [0.2, 0.25) is 5.91 Å². The fourth-order valence-electron chi connectivity index (χ4n) is 4.67. The molecule has 0 saturated carbocycles. The lowest BCUT2D eigenvalue weighted by Crippen LogP contribution is -2.42. The summed E-state index contributed by atoms with van der Waals surface area (Å²) in [5.74, 6) is 0.0622. The topological polar surface area (TPSA) is 65.5 Å². The zero-order valence-corrected chi connectivity index (χ0v) is 19.5. The van der Waals surface area contributed by atoms with Gasteiger partial charge in [-0.15, -0.1) is 11.3 Å². The van der Waals surface area contributed by atoms with Crippen LogP contribution >= 0.6 is 11.3 Å². The summed E-state index contributed by atoms with van der Waals surface area (Å²) in [5.41, 5.74) is 2.05. The van der Waals surface area contributed by atoms with Crippen molar-refractivity contribution in [3.05, 3.63) is 40.9 Å². The summed E-state index contributed by atoms with van der Waals surface area (Å²) < 4.78 is 0. The highest BCUT2D eigenvalue weighted by molar-refractivity contribution is 7.13. The second-order valence-electron chi connectivity index (χ2n) is 9.22. The van der Waals surface area contributed by atoms with Crippen LogP contribution in [0.15, 0.2) is 29.6 Å². The van der Waals surface area contributed by atoms with Gasteiger partial charge >= 0.3 is 0 Å². The van der Waals surface area contributed by atoms with E-state index in [1.54, 1.807) is 11.3 Å². The molecule has 2 fully saturated rings. The molecule has 7 heteroatoms. The minimum Gasteiger partial charge on any atom is -0.346 e. The van der Waals surface area contributed by atoms with Crippen LogP contribution in [0.2, 0.25) is 0 Å². The molecule has 6 nitrogen and oxygen atoms in total. The van der Waals surface area contributed by atoms with Gasteiger partial charge in [0, 0.05) is 42.6 Å². The highest BCUT2D eigenvalue weighted by Crippen LogP contribution is 2.30. The van der Waals surface area contributed by atoms with E-state index in [0.717, 1.165) is 47.8 Å². The van der Waals surface area contributed by atoms with Gasteiger partial charge in [-0.1, -0.05) is 12.1 Å². The zero-order valence-electron chi connectivity index (χ0n) is 18.7. The average molecular weight is 441 g/mol. The van der Waals surface area contributed by atoms with Gasteiger partial charge in [-0.25, -0.2) is 4.98 Å². The van der Waals surface area contributed by atoms with Crippen LogP contribution in [0, 0.1) is 0 Å². The number of rotatable bonds is 6. The maximum Gasteiger partial charge on any atom is 0.254 e. The monoisotopic (exact) mass is 440 g/mol. The van der Waals surface area contributed by atoms with Crippen LogP contribution in [0.25, 0.3) is 10.6 Å². The van der Waals surface area contributed by atoms with Gasteiger partial charge in [-0.05, 0) is 64.8 Å². The first-order chi connectivity index (χ1) is 14.8. The van der Waals surface area contributed by atoms with Crippen molar-refractivity contribution in [2.45, 2.75) is 58.0 Å². The third kappa shape index (κ3) is 4.99. The Morgan fingerprint density at radius 2 is 1.84 bits per heavy atom. The van der Waals surface area contributed by atoms with Gasteiger partial charge < -0.3 is 15.1 Å². The molecule has 1 aromatic heterocycles. The molecule has 0 aliphatic carbocycles. The SMILES string of the molecule is CC(=O)NC(C)(C)c1csc(-c2ccc(C(=O)N3CCCC3CN3CCCC3)cc2)n1. The summed E-state index contributed by atoms with van der Waals surface area (Å²) in [6.45, 7) is 9.61. The maximum atomic E-state index is 13.2. The van der Waals surface area contributed by atoms with Crippen LogP contribution in [0.5, 0.6) is 0 Å². The highest BCUT2D eigenvalue weighted by Gasteiger charge is 2.31. The molecule has 31 heavy (non-hydrogen) atoms. The van der Waals surface area contributed by atoms with Gasteiger partial charge in [0.05, 0.1) is 11.2 Å². The molecular formula is C24H32N4O2S. The number of nitrogens with one attached hydrogen (secondary N) is 1. The van der Waals surface area contributed by atoms with Crippen molar-refractivity contribution in [1.29, 1.82) is 0 Å². The molecule has 3 heterocycles. The molecule has 2 aliphatic heterocycles. The third-order valence-electron chi connectivity index (χ3n) is 6.32. The lowest BCUT2D eigenvalue weighted by atomic mass is 10.0. The molecule has 1 atom stereocenters. The highest BCUT2D eigenvalue weighted by atomic mass is 32.1. The fourth-order valence-corrected chi connectivity index (χ4v) is 5.67. The number of carbonyl (C=O) groups excluding carboxylic acids is 2. The predicted molar refractivity (Wildman–Crippen MR) is 124 cm³/mol. The van der Waals surface area contributed by atoms with Crippen molar-refractivity contribution in [3.8, 4) is 10.6 Å². The standard InChI is InChI=1S/C24H32N4O2S/c1-17(29)26-24(2,3)21-16-31-22(25-21)18-8-10-19(11-9-18)23(30)28-14-6-7-20(28)15-27-12-4-5-13-27/h8-11,16,20H,4-7,12-15H2,1-3H3,(H,26,29). The Morgan fingerprint density at radius 1 is 1.13 bits per heavy atom. The quantitative estimate of drug-likeness (QED) is 0.740. The van der Waals surface area contributed by atoms with Crippen molar-refractivity contribution in [2.24, 2.45) is 0 Å². The van der Waals surface area contributed by atoms with Crippen LogP contribution in [0.3, 0.4) is 0 Å². The van der Waals surface area contributed by atoms with Gasteiger partial charge in [-0.3, -0.25) is 9.59 Å². The lowest BCUT2D eigenvalue weighted by Gasteiger charge is -2.28. The maximum absolute atomic E-state index is 13.2. The van der Waals surface area contributed by atoms with Crippen LogP contribution in [0.4, 0.5) is 0 Å². The van der Waals surface area contributed by atoms with Crippen molar-refractivity contribution in [2.75, 3.05) is 26.2 Å². The molecule has 2 aromatic rings. The smallest absolute Gasteiger partial charge is 0.254 e. The zero-order chi connectivity index (χ0) is 22.0. The van der Waals surface area contributed by atoms with E-state index in [2.05, 4.69) is 15.1 Å². The van der Waals surface area contributed by atoms with Gasteiger partial charge in [-0.2, -0.15) is 0 Å². The van der Waals surface area contributed by atoms with Crippen molar-refractivity contribution in [3.63, 3.8) is 0 Å². The average Bonchev–Trinajstić information content (AvgIpc) is 3.49. The van der Waals surface area contributed by atoms with E-state index in [9.17, 15) is 9.59 Å². The fraction of sp³-hybridized carbons (Fsp3) is 0.542. The molecule has 0 radical (unpaired) electrons. The van der Waals surface area contributed by atoms with Crippen molar-refractivity contribution < 1.29 is 9.59 Å². The number of aromatic nitrogens is 1. The molecule has 4 rings (SSSR count). The Kier molecular flexibility index (Phi) is 6.44. The molecule has 1 aromatic carbocycles. The lowest BCUT2D eigenvalue weighted by molar-refractivity contribution is -0.120. The Morgan fingerprint density at radius 3 is 2.52 bits per heavy atom. The number of benzene rings is 1. The Balaban J connectivity index is 1.44. The Bertz CT molecular complexity index is 931. The number of carbonyl (C=O) groups is 2. The Hall–Kier alpha value is -2.25. The van der Waals surface area contributed by atoms with Gasteiger partial charge in [0.25, 0.3) is 5.91 Å². The first-order valence-corrected chi connectivity index (χ1v) is 12.1. The van der Waals surface area contributed by atoms with E-state index < -0.39 is 5.54 Å². The summed E-state index contributed by atoms with van der Waals surface area (Å²) in [7, 11) is 0. The van der Waals surface area contributed by atoms with Crippen LogP contribution < -0.4 is 5.32 Å². The largest absolute Gasteiger partial charge is 0.346 e. The van der Waals surface area contributed by atoms with E-state index in [1.807, 2.05) is 43.5 Å². The molecule has 1 N–H and O–H groups in total. The first kappa shape index (κ1) is 22.0. The van der Waals surface area contributed by atoms with E-state index >= 15 is 0 Å². The first-order valence-electron chi connectivity index (χ1n) is 11.2. The predicted octanol–water partition coefficient (Wildman–Crippen LogP) is 3.88. The number of likely N-dealkylation sites (tertiary alicyclic amines) is 2. The van der Waals surface area contributed by atoms with E-state index in [1.165, 1.54) is 32.9 Å². The Labute approximate surface area is 188 Å². The second kappa shape index (κ2) is 9.09. The molecule has 2 amide bonds. The van der Waals surface area contributed by atoms with Crippen LogP contribution in [-0.4, -0.2) is 58.8 Å². The van der Waals surface area contributed by atoms with Gasteiger partial charge in [0.1, 0.15) is 5.01 Å². The van der Waals surface area contributed by atoms with E-state index in [4.69, 9.17) is 4.98 Å². The van der Waals surface area contributed by atoms with E-state index in [-0.39, 0.29) is 11.8 Å². The normalized spacial score (nSPS) is 19.7. The molecule has 2 aliphatic rings. The second-order valence-corrected chi connectivity index (χ2v) is 10.1. The number of amides is 2. The molecule has 166 valence electrons. The van der Waals surface area contributed by atoms with Crippen LogP contribution in [-0.2, 0) is 10.3 Å². The summed E-state index contributed by atoms with van der Waals surface area (Å²) >= 11 is 1.55. The van der Waals surface area contributed by atoms with E-state index in [0.29, 0.717) is 6.04 Å². The summed E-state index contributed by atoms with van der Waals surface area (Å²) in [4.78, 5) is 33.9. The van der Waals surface area contributed by atoms with Crippen molar-refractivity contribution in [1.82, 2.24) is 20.1 Å². The minimum atomic E-state index is -0.517. The summed E-state index contributed by atoms with van der Waals surface area (Å²) in [6.07, 6.45) is 4.76.